The Morgan fingerprint density at radius 2 is 1.67 bits per heavy atom. The van der Waals surface area contributed by atoms with Gasteiger partial charge in [-0.15, -0.1) is 0 Å². The van der Waals surface area contributed by atoms with Crippen molar-refractivity contribution in [2.75, 3.05) is 16.8 Å². The van der Waals surface area contributed by atoms with Crippen LogP contribution in [-0.2, 0) is 0 Å². The molecule has 1 aromatic heterocycles. The number of nitrogens with one attached hydrogen (secondary N) is 1. The first kappa shape index (κ1) is 18.3. The van der Waals surface area contributed by atoms with Gasteiger partial charge in [0, 0.05) is 24.6 Å². The fraction of sp³-hybridized carbons (Fsp3) is 0.0952. The standard InChI is InChI=1S/C21H18FN3O2/c1-2-25(17-8-4-3-5-9-17)21(27)16-12-15(13-23-14-16)20(26)24-19-11-7-6-10-18(19)22/h3-14H,2H2,1H3,(H,24,26). The van der Waals surface area contributed by atoms with Gasteiger partial charge in [-0.05, 0) is 37.3 Å². The van der Waals surface area contributed by atoms with Gasteiger partial charge >= 0.3 is 0 Å². The summed E-state index contributed by atoms with van der Waals surface area (Å²) in [5.41, 5.74) is 1.28. The molecular weight excluding hydrogens is 345 g/mol. The lowest BCUT2D eigenvalue weighted by atomic mass is 10.1. The number of anilines is 2. The topological polar surface area (TPSA) is 62.3 Å². The van der Waals surface area contributed by atoms with Crippen LogP contribution in [0.1, 0.15) is 27.6 Å². The molecule has 27 heavy (non-hydrogen) atoms. The summed E-state index contributed by atoms with van der Waals surface area (Å²) in [5.74, 6) is -1.34. The zero-order chi connectivity index (χ0) is 19.2. The molecule has 0 atom stereocenters. The Kier molecular flexibility index (Phi) is 5.56. The molecule has 0 saturated carbocycles. The maximum atomic E-state index is 13.7. The zero-order valence-corrected chi connectivity index (χ0v) is 14.7. The summed E-state index contributed by atoms with van der Waals surface area (Å²) in [5, 5.41) is 2.49. The van der Waals surface area contributed by atoms with Crippen molar-refractivity contribution in [2.45, 2.75) is 6.92 Å². The summed E-state index contributed by atoms with van der Waals surface area (Å²) in [6, 6.07) is 16.6. The zero-order valence-electron chi connectivity index (χ0n) is 14.7. The Morgan fingerprint density at radius 1 is 1.00 bits per heavy atom. The van der Waals surface area contributed by atoms with Crippen LogP contribution in [0.3, 0.4) is 0 Å². The van der Waals surface area contributed by atoms with Crippen LogP contribution in [0.15, 0.2) is 73.1 Å². The van der Waals surface area contributed by atoms with E-state index in [0.29, 0.717) is 6.54 Å². The highest BCUT2D eigenvalue weighted by molar-refractivity contribution is 6.09. The Balaban J connectivity index is 1.83. The minimum absolute atomic E-state index is 0.0682. The highest BCUT2D eigenvalue weighted by Crippen LogP contribution is 2.18. The van der Waals surface area contributed by atoms with Gasteiger partial charge in [-0.1, -0.05) is 30.3 Å². The number of carbonyl (C=O) groups is 2. The van der Waals surface area contributed by atoms with Crippen molar-refractivity contribution in [2.24, 2.45) is 0 Å². The lowest BCUT2D eigenvalue weighted by molar-refractivity contribution is 0.0988. The number of aromatic nitrogens is 1. The molecule has 0 aliphatic rings. The van der Waals surface area contributed by atoms with Gasteiger partial charge in [0.1, 0.15) is 5.82 Å². The average Bonchev–Trinajstić information content (AvgIpc) is 2.71. The molecule has 1 N–H and O–H groups in total. The molecule has 6 heteroatoms. The van der Waals surface area contributed by atoms with Crippen LogP contribution in [0.5, 0.6) is 0 Å². The first-order valence-electron chi connectivity index (χ1n) is 8.48. The van der Waals surface area contributed by atoms with Crippen LogP contribution in [0.2, 0.25) is 0 Å². The number of carbonyl (C=O) groups excluding carboxylic acids is 2. The smallest absolute Gasteiger partial charge is 0.259 e. The minimum atomic E-state index is -0.537. The van der Waals surface area contributed by atoms with Gasteiger partial charge in [0.25, 0.3) is 11.8 Å². The summed E-state index contributed by atoms with van der Waals surface area (Å²) in [6.45, 7) is 2.33. The number of rotatable bonds is 5. The maximum Gasteiger partial charge on any atom is 0.259 e. The Labute approximate surface area is 156 Å². The predicted octanol–water partition coefficient (Wildman–Crippen LogP) is 4.14. The highest BCUT2D eigenvalue weighted by atomic mass is 19.1. The Hall–Kier alpha value is -3.54. The van der Waals surface area contributed by atoms with Gasteiger partial charge in [-0.2, -0.15) is 0 Å². The number of para-hydroxylation sites is 2. The van der Waals surface area contributed by atoms with Crippen molar-refractivity contribution < 1.29 is 14.0 Å². The van der Waals surface area contributed by atoms with E-state index in [9.17, 15) is 14.0 Å². The molecule has 2 amide bonds. The van der Waals surface area contributed by atoms with Crippen LogP contribution in [0.4, 0.5) is 15.8 Å². The molecule has 0 saturated heterocycles. The van der Waals surface area contributed by atoms with E-state index < -0.39 is 11.7 Å². The third kappa shape index (κ3) is 4.17. The molecule has 0 fully saturated rings. The molecule has 3 rings (SSSR count). The summed E-state index contributed by atoms with van der Waals surface area (Å²) in [6.07, 6.45) is 2.75. The predicted molar refractivity (Wildman–Crippen MR) is 102 cm³/mol. The fourth-order valence-electron chi connectivity index (χ4n) is 2.65. The van der Waals surface area contributed by atoms with Crippen LogP contribution >= 0.6 is 0 Å². The third-order valence-electron chi connectivity index (χ3n) is 4.00. The van der Waals surface area contributed by atoms with E-state index in [1.807, 2.05) is 37.3 Å². The van der Waals surface area contributed by atoms with Crippen LogP contribution in [0.25, 0.3) is 0 Å². The van der Waals surface area contributed by atoms with E-state index in [4.69, 9.17) is 0 Å². The molecular formula is C21H18FN3O2. The van der Waals surface area contributed by atoms with Crippen molar-refractivity contribution in [3.05, 3.63) is 90.0 Å². The highest BCUT2D eigenvalue weighted by Gasteiger charge is 2.18. The number of hydrogen-bond donors (Lipinski definition) is 1. The van der Waals surface area contributed by atoms with Crippen molar-refractivity contribution >= 4 is 23.2 Å². The lowest BCUT2D eigenvalue weighted by Crippen LogP contribution is -2.31. The third-order valence-corrected chi connectivity index (χ3v) is 4.00. The largest absolute Gasteiger partial charge is 0.319 e. The van der Waals surface area contributed by atoms with E-state index in [1.54, 1.807) is 11.0 Å². The van der Waals surface area contributed by atoms with E-state index in [2.05, 4.69) is 10.3 Å². The summed E-state index contributed by atoms with van der Waals surface area (Å²) < 4.78 is 13.7. The quantitative estimate of drug-likeness (QED) is 0.741. The van der Waals surface area contributed by atoms with Gasteiger partial charge in [0.15, 0.2) is 0 Å². The van der Waals surface area contributed by atoms with Crippen molar-refractivity contribution in [1.29, 1.82) is 0 Å². The van der Waals surface area contributed by atoms with Gasteiger partial charge in [-0.3, -0.25) is 14.6 Å². The maximum absolute atomic E-state index is 13.7. The van der Waals surface area contributed by atoms with Gasteiger partial charge in [0.2, 0.25) is 0 Å². The molecule has 0 spiro atoms. The van der Waals surface area contributed by atoms with Gasteiger partial charge in [0.05, 0.1) is 16.8 Å². The number of amides is 2. The molecule has 0 unspecified atom stereocenters. The van der Waals surface area contributed by atoms with Crippen LogP contribution in [-0.4, -0.2) is 23.3 Å². The van der Waals surface area contributed by atoms with Crippen LogP contribution < -0.4 is 10.2 Å². The molecule has 5 nitrogen and oxygen atoms in total. The molecule has 0 bridgehead atoms. The summed E-state index contributed by atoms with van der Waals surface area (Å²) in [4.78, 5) is 30.9. The normalized spacial score (nSPS) is 10.3. The van der Waals surface area contributed by atoms with E-state index in [0.717, 1.165) is 5.69 Å². The van der Waals surface area contributed by atoms with Crippen molar-refractivity contribution in [3.63, 3.8) is 0 Å². The lowest BCUT2D eigenvalue weighted by Gasteiger charge is -2.21. The number of pyridine rings is 1. The van der Waals surface area contributed by atoms with E-state index in [1.165, 1.54) is 36.7 Å². The molecule has 3 aromatic rings. The van der Waals surface area contributed by atoms with Crippen molar-refractivity contribution in [1.82, 2.24) is 4.98 Å². The number of nitrogens with zero attached hydrogens (tertiary/aromatic N) is 2. The van der Waals surface area contributed by atoms with Gasteiger partial charge < -0.3 is 10.2 Å². The first-order chi connectivity index (χ1) is 13.1. The van der Waals surface area contributed by atoms with E-state index in [-0.39, 0.29) is 22.7 Å². The summed E-state index contributed by atoms with van der Waals surface area (Å²) >= 11 is 0. The molecule has 2 aromatic carbocycles. The second kappa shape index (κ2) is 8.23. The molecule has 1 heterocycles. The van der Waals surface area contributed by atoms with Crippen molar-refractivity contribution in [3.8, 4) is 0 Å². The Morgan fingerprint density at radius 3 is 2.37 bits per heavy atom. The number of halogens is 1. The second-order valence-electron chi connectivity index (χ2n) is 5.78. The number of hydrogen-bond acceptors (Lipinski definition) is 3. The average molecular weight is 363 g/mol. The molecule has 136 valence electrons. The SMILES string of the molecule is CCN(C(=O)c1cncc(C(=O)Nc2ccccc2F)c1)c1ccccc1. The van der Waals surface area contributed by atoms with Crippen LogP contribution in [0, 0.1) is 5.82 Å². The molecule has 0 radical (unpaired) electrons. The second-order valence-corrected chi connectivity index (χ2v) is 5.78. The fourth-order valence-corrected chi connectivity index (χ4v) is 2.65. The number of benzene rings is 2. The van der Waals surface area contributed by atoms with E-state index >= 15 is 0 Å². The molecule has 0 aliphatic heterocycles. The molecule has 0 aliphatic carbocycles. The Bertz CT molecular complexity index is 960. The minimum Gasteiger partial charge on any atom is -0.319 e. The first-order valence-corrected chi connectivity index (χ1v) is 8.48. The monoisotopic (exact) mass is 363 g/mol. The summed E-state index contributed by atoms with van der Waals surface area (Å²) in [7, 11) is 0. The van der Waals surface area contributed by atoms with Gasteiger partial charge in [-0.25, -0.2) is 4.39 Å².